The van der Waals surface area contributed by atoms with Crippen molar-refractivity contribution in [3.8, 4) is 11.1 Å². The SMILES string of the molecule is CCCc1nc2c(C)cc(C(=O)N[C@@H](CSC(=O)CC3CCCC3)Cc3ccccc3)cc2n1Cc1ccc(-c2ccccc2C(=O)O)cc1. The van der Waals surface area contributed by atoms with Gasteiger partial charge in [0.1, 0.15) is 5.82 Å². The van der Waals surface area contributed by atoms with Crippen molar-refractivity contribution < 1.29 is 19.5 Å². The molecule has 50 heavy (non-hydrogen) atoms. The third-order valence-electron chi connectivity index (χ3n) is 9.66. The van der Waals surface area contributed by atoms with Gasteiger partial charge in [-0.25, -0.2) is 9.78 Å². The van der Waals surface area contributed by atoms with E-state index in [1.807, 2.05) is 73.7 Å². The summed E-state index contributed by atoms with van der Waals surface area (Å²) >= 11 is 1.35. The second kappa shape index (κ2) is 16.3. The number of rotatable bonds is 14. The number of thioether (sulfide) groups is 1. The highest BCUT2D eigenvalue weighted by atomic mass is 32.2. The number of aromatic carboxylic acids is 1. The average molecular weight is 688 g/mol. The Bertz CT molecular complexity index is 1960. The standard InChI is InChI=1S/C42H45N3O4S/c1-3-11-38-44-40-28(2)22-33(25-37(40)45(38)26-31-18-20-32(21-19-31)35-16-9-10-17-36(35)42(48)49)41(47)43-34(23-29-12-5-4-6-13-29)27-50-39(46)24-30-14-7-8-15-30/h4-6,9-10,12-13,16-22,25,30,34H,3,7-8,11,14-15,23-24,26-27H2,1-2H3,(H,43,47)(H,48,49)/t34-/m1/s1. The smallest absolute Gasteiger partial charge is 0.336 e. The van der Waals surface area contributed by atoms with Crippen LogP contribution in [0.4, 0.5) is 0 Å². The number of amides is 1. The third-order valence-corrected chi connectivity index (χ3v) is 10.7. The minimum absolute atomic E-state index is 0.161. The van der Waals surface area contributed by atoms with Gasteiger partial charge in [-0.05, 0) is 84.5 Å². The summed E-state index contributed by atoms with van der Waals surface area (Å²) < 4.78 is 2.20. The molecule has 1 amide bonds. The topological polar surface area (TPSA) is 101 Å². The van der Waals surface area contributed by atoms with Crippen LogP contribution in [0, 0.1) is 12.8 Å². The highest BCUT2D eigenvalue weighted by molar-refractivity contribution is 8.13. The van der Waals surface area contributed by atoms with Gasteiger partial charge in [0.05, 0.1) is 16.6 Å². The van der Waals surface area contributed by atoms with Gasteiger partial charge < -0.3 is 15.0 Å². The van der Waals surface area contributed by atoms with Crippen molar-refractivity contribution in [1.29, 1.82) is 0 Å². The molecule has 5 aromatic rings. The minimum atomic E-state index is -0.952. The van der Waals surface area contributed by atoms with Crippen LogP contribution in [0.25, 0.3) is 22.2 Å². The van der Waals surface area contributed by atoms with E-state index in [0.717, 1.165) is 64.8 Å². The highest BCUT2D eigenvalue weighted by Crippen LogP contribution is 2.30. The Kier molecular flexibility index (Phi) is 11.5. The lowest BCUT2D eigenvalue weighted by molar-refractivity contribution is -0.111. The van der Waals surface area contributed by atoms with E-state index in [1.54, 1.807) is 12.1 Å². The molecule has 4 aromatic carbocycles. The van der Waals surface area contributed by atoms with Crippen LogP contribution >= 0.6 is 11.8 Å². The van der Waals surface area contributed by atoms with Crippen molar-refractivity contribution >= 4 is 39.8 Å². The highest BCUT2D eigenvalue weighted by Gasteiger charge is 2.23. The van der Waals surface area contributed by atoms with Gasteiger partial charge in [-0.1, -0.05) is 104 Å². The molecule has 1 atom stereocenters. The van der Waals surface area contributed by atoms with Gasteiger partial charge in [0.25, 0.3) is 5.91 Å². The number of hydrogen-bond donors (Lipinski definition) is 2. The fourth-order valence-electron chi connectivity index (χ4n) is 7.08. The molecule has 1 aliphatic carbocycles. The number of carbonyl (C=O) groups excluding carboxylic acids is 2. The van der Waals surface area contributed by atoms with Crippen LogP contribution in [-0.4, -0.2) is 43.4 Å². The molecule has 0 bridgehead atoms. The van der Waals surface area contributed by atoms with Gasteiger partial charge in [0.2, 0.25) is 0 Å². The van der Waals surface area contributed by atoms with Gasteiger partial charge in [0.15, 0.2) is 5.12 Å². The molecule has 0 spiro atoms. The molecular weight excluding hydrogens is 643 g/mol. The number of carbonyl (C=O) groups is 3. The Hall–Kier alpha value is -4.69. The summed E-state index contributed by atoms with van der Waals surface area (Å²) in [6, 6.07) is 28.8. The van der Waals surface area contributed by atoms with E-state index in [-0.39, 0.29) is 22.6 Å². The molecule has 258 valence electrons. The lowest BCUT2D eigenvalue weighted by Crippen LogP contribution is -2.38. The first-order valence-corrected chi connectivity index (χ1v) is 18.7. The first-order valence-electron chi connectivity index (χ1n) is 17.7. The number of carboxylic acids is 1. The quantitative estimate of drug-likeness (QED) is 0.121. The number of imidazole rings is 1. The van der Waals surface area contributed by atoms with Crippen LogP contribution in [0.2, 0.25) is 0 Å². The molecule has 8 heteroatoms. The van der Waals surface area contributed by atoms with Crippen molar-refractivity contribution in [2.24, 2.45) is 5.92 Å². The number of fused-ring (bicyclic) bond motifs is 1. The summed E-state index contributed by atoms with van der Waals surface area (Å²) in [5.41, 5.74) is 7.25. The largest absolute Gasteiger partial charge is 0.478 e. The van der Waals surface area contributed by atoms with E-state index >= 15 is 0 Å². The Balaban J connectivity index is 1.24. The van der Waals surface area contributed by atoms with Crippen molar-refractivity contribution in [2.75, 3.05) is 5.75 Å². The fraction of sp³-hybridized carbons (Fsp3) is 0.333. The molecule has 0 unspecified atom stereocenters. The first kappa shape index (κ1) is 35.1. The number of benzene rings is 4. The van der Waals surface area contributed by atoms with Crippen LogP contribution in [0.3, 0.4) is 0 Å². The van der Waals surface area contributed by atoms with Crippen LogP contribution in [-0.2, 0) is 24.2 Å². The van der Waals surface area contributed by atoms with Gasteiger partial charge in [0, 0.05) is 36.7 Å². The van der Waals surface area contributed by atoms with Crippen LogP contribution in [0.5, 0.6) is 0 Å². The molecule has 2 N–H and O–H groups in total. The molecule has 0 saturated heterocycles. The zero-order chi connectivity index (χ0) is 35.0. The first-order chi connectivity index (χ1) is 24.3. The lowest BCUT2D eigenvalue weighted by atomic mass is 9.98. The number of nitrogens with one attached hydrogen (secondary N) is 1. The molecule has 6 rings (SSSR count). The summed E-state index contributed by atoms with van der Waals surface area (Å²) in [6.45, 7) is 4.70. The number of aromatic nitrogens is 2. The molecule has 1 aliphatic rings. The molecule has 7 nitrogen and oxygen atoms in total. The molecule has 1 fully saturated rings. The van der Waals surface area contributed by atoms with Crippen LogP contribution in [0.1, 0.15) is 88.7 Å². The third kappa shape index (κ3) is 8.53. The van der Waals surface area contributed by atoms with E-state index in [0.29, 0.717) is 42.2 Å². The molecular formula is C42H45N3O4S. The van der Waals surface area contributed by atoms with Gasteiger partial charge >= 0.3 is 5.97 Å². The van der Waals surface area contributed by atoms with E-state index in [1.165, 1.54) is 24.6 Å². The van der Waals surface area contributed by atoms with Gasteiger partial charge in [-0.2, -0.15) is 0 Å². The maximum Gasteiger partial charge on any atom is 0.336 e. The summed E-state index contributed by atoms with van der Waals surface area (Å²) in [7, 11) is 0. The normalized spacial score (nSPS) is 13.8. The Morgan fingerprint density at radius 2 is 1.66 bits per heavy atom. The summed E-state index contributed by atoms with van der Waals surface area (Å²) in [6.07, 6.45) is 7.70. The molecule has 1 aromatic heterocycles. The van der Waals surface area contributed by atoms with Gasteiger partial charge in [-0.3, -0.25) is 9.59 Å². The Morgan fingerprint density at radius 1 is 0.940 bits per heavy atom. The van der Waals surface area contributed by atoms with Gasteiger partial charge in [-0.15, -0.1) is 0 Å². The van der Waals surface area contributed by atoms with Crippen molar-refractivity contribution in [1.82, 2.24) is 14.9 Å². The predicted octanol–water partition coefficient (Wildman–Crippen LogP) is 8.89. The van der Waals surface area contributed by atoms with E-state index in [2.05, 4.69) is 28.9 Å². The average Bonchev–Trinajstić information content (AvgIpc) is 3.76. The number of hydrogen-bond acceptors (Lipinski definition) is 5. The zero-order valence-electron chi connectivity index (χ0n) is 28.9. The summed E-state index contributed by atoms with van der Waals surface area (Å²) in [4.78, 5) is 43.7. The number of aryl methyl sites for hydroxylation is 2. The molecule has 0 aliphatic heterocycles. The molecule has 0 radical (unpaired) electrons. The second-order valence-electron chi connectivity index (χ2n) is 13.5. The maximum absolute atomic E-state index is 13.9. The molecule has 1 heterocycles. The van der Waals surface area contributed by atoms with Crippen molar-refractivity contribution in [3.05, 3.63) is 125 Å². The van der Waals surface area contributed by atoms with Crippen LogP contribution < -0.4 is 5.32 Å². The molecule has 1 saturated carbocycles. The Labute approximate surface area is 298 Å². The second-order valence-corrected chi connectivity index (χ2v) is 14.5. The van der Waals surface area contributed by atoms with Crippen molar-refractivity contribution in [2.45, 2.75) is 77.8 Å². The Morgan fingerprint density at radius 3 is 2.38 bits per heavy atom. The monoisotopic (exact) mass is 687 g/mol. The summed E-state index contributed by atoms with van der Waals surface area (Å²) in [5.74, 6) is 0.875. The number of carboxylic acid groups (broad SMARTS) is 1. The number of nitrogens with zero attached hydrogens (tertiary/aromatic N) is 2. The minimum Gasteiger partial charge on any atom is -0.478 e. The van der Waals surface area contributed by atoms with Crippen molar-refractivity contribution in [3.63, 3.8) is 0 Å². The maximum atomic E-state index is 13.9. The van der Waals surface area contributed by atoms with E-state index in [9.17, 15) is 19.5 Å². The van der Waals surface area contributed by atoms with Crippen LogP contribution in [0.15, 0.2) is 91.0 Å². The fourth-order valence-corrected chi connectivity index (χ4v) is 8.02. The van der Waals surface area contributed by atoms with E-state index < -0.39 is 5.97 Å². The zero-order valence-corrected chi connectivity index (χ0v) is 29.7. The van der Waals surface area contributed by atoms with E-state index in [4.69, 9.17) is 4.98 Å². The summed E-state index contributed by atoms with van der Waals surface area (Å²) in [5, 5.41) is 13.2. The predicted molar refractivity (Wildman–Crippen MR) is 202 cm³/mol. The lowest BCUT2D eigenvalue weighted by Gasteiger charge is -2.19.